The molecule has 1 aromatic carbocycles. The van der Waals surface area contributed by atoms with Gasteiger partial charge in [-0.2, -0.15) is 0 Å². The number of fused-ring (bicyclic) bond motifs is 1. The lowest BCUT2D eigenvalue weighted by Crippen LogP contribution is -2.27. The van der Waals surface area contributed by atoms with Gasteiger partial charge in [-0.1, -0.05) is 70.3 Å². The summed E-state index contributed by atoms with van der Waals surface area (Å²) in [4.78, 5) is 9.70. The summed E-state index contributed by atoms with van der Waals surface area (Å²) in [6, 6.07) is 8.43. The van der Waals surface area contributed by atoms with E-state index in [0.717, 1.165) is 30.0 Å². The summed E-state index contributed by atoms with van der Waals surface area (Å²) >= 11 is 0. The van der Waals surface area contributed by atoms with E-state index in [1.807, 2.05) is 12.2 Å². The van der Waals surface area contributed by atoms with Gasteiger partial charge in [-0.05, 0) is 30.1 Å². The first-order chi connectivity index (χ1) is 12.5. The molecule has 2 nitrogen and oxygen atoms in total. The maximum Gasteiger partial charge on any atom is 0.0989 e. The molecule has 0 bridgehead atoms. The molecule has 1 aromatic rings. The second kappa shape index (κ2) is 9.28. The standard InChI is InChI=1S/C24H30N2/c1-7-12-19(8-2)25-18(6)24-22(16-15-17(4)5)20-13-10-11-14-21(20)23(9-3)26-24/h7-11,13-14,17,22,24H,1-3,6,12,15-16H2,4-5H3/b25-19-. The van der Waals surface area contributed by atoms with Crippen molar-refractivity contribution in [3.63, 3.8) is 0 Å². The molecule has 136 valence electrons. The van der Waals surface area contributed by atoms with E-state index >= 15 is 0 Å². The Balaban J connectivity index is 2.46. The molecule has 0 saturated heterocycles. The minimum atomic E-state index is -0.0728. The lowest BCUT2D eigenvalue weighted by molar-refractivity contribution is 0.464. The minimum Gasteiger partial charge on any atom is -0.274 e. The third kappa shape index (κ3) is 4.57. The molecule has 2 heteroatoms. The van der Waals surface area contributed by atoms with Crippen LogP contribution in [0.2, 0.25) is 0 Å². The van der Waals surface area contributed by atoms with Gasteiger partial charge in [-0.15, -0.1) is 6.58 Å². The molecule has 0 fully saturated rings. The number of hydrogen-bond acceptors (Lipinski definition) is 2. The highest BCUT2D eigenvalue weighted by Gasteiger charge is 2.31. The topological polar surface area (TPSA) is 24.7 Å². The number of aliphatic imine (C=N–C) groups is 2. The highest BCUT2D eigenvalue weighted by atomic mass is 14.9. The van der Waals surface area contributed by atoms with Crippen molar-refractivity contribution in [2.45, 2.75) is 45.1 Å². The Labute approximate surface area is 158 Å². The summed E-state index contributed by atoms with van der Waals surface area (Å²) in [5, 5.41) is 0. The molecular weight excluding hydrogens is 316 g/mol. The first-order valence-corrected chi connectivity index (χ1v) is 9.31. The molecule has 2 rings (SSSR count). The molecule has 0 aliphatic carbocycles. The van der Waals surface area contributed by atoms with E-state index < -0.39 is 0 Å². The van der Waals surface area contributed by atoms with E-state index in [1.54, 1.807) is 6.08 Å². The average Bonchev–Trinajstić information content (AvgIpc) is 2.64. The third-order valence-corrected chi connectivity index (χ3v) is 4.76. The summed E-state index contributed by atoms with van der Waals surface area (Å²) in [5.41, 5.74) is 5.08. The lowest BCUT2D eigenvalue weighted by atomic mass is 9.79. The van der Waals surface area contributed by atoms with E-state index in [-0.39, 0.29) is 12.0 Å². The van der Waals surface area contributed by atoms with E-state index in [9.17, 15) is 0 Å². The van der Waals surface area contributed by atoms with Crippen LogP contribution < -0.4 is 0 Å². The van der Waals surface area contributed by atoms with Crippen molar-refractivity contribution in [1.82, 2.24) is 0 Å². The molecule has 0 amide bonds. The fraction of sp³-hybridized carbons (Fsp3) is 0.333. The van der Waals surface area contributed by atoms with Crippen molar-refractivity contribution in [3.8, 4) is 0 Å². The van der Waals surface area contributed by atoms with E-state index in [0.29, 0.717) is 12.3 Å². The largest absolute Gasteiger partial charge is 0.274 e. The summed E-state index contributed by atoms with van der Waals surface area (Å²) in [6.07, 6.45) is 8.32. The van der Waals surface area contributed by atoms with Crippen LogP contribution in [0.5, 0.6) is 0 Å². The molecule has 0 saturated carbocycles. The lowest BCUT2D eigenvalue weighted by Gasteiger charge is -2.32. The Morgan fingerprint density at radius 2 is 1.96 bits per heavy atom. The van der Waals surface area contributed by atoms with Gasteiger partial charge in [0.2, 0.25) is 0 Å². The molecular formula is C24H30N2. The molecule has 2 atom stereocenters. The average molecular weight is 347 g/mol. The molecule has 0 N–H and O–H groups in total. The molecule has 0 radical (unpaired) electrons. The van der Waals surface area contributed by atoms with Gasteiger partial charge in [0.15, 0.2) is 0 Å². The molecule has 1 aliphatic rings. The van der Waals surface area contributed by atoms with E-state index in [2.05, 4.69) is 64.4 Å². The minimum absolute atomic E-state index is 0.0728. The first kappa shape index (κ1) is 19.8. The fourth-order valence-corrected chi connectivity index (χ4v) is 3.40. The van der Waals surface area contributed by atoms with Crippen LogP contribution in [0.1, 0.15) is 50.2 Å². The summed E-state index contributed by atoms with van der Waals surface area (Å²) in [6.45, 7) is 20.4. The second-order valence-corrected chi connectivity index (χ2v) is 7.12. The number of nitrogens with zero attached hydrogens (tertiary/aromatic N) is 2. The Bertz CT molecular complexity index is 749. The van der Waals surface area contributed by atoms with Crippen LogP contribution in [0.4, 0.5) is 0 Å². The maximum atomic E-state index is 4.98. The highest BCUT2D eigenvalue weighted by Crippen LogP contribution is 2.38. The smallest absolute Gasteiger partial charge is 0.0989 e. The maximum absolute atomic E-state index is 4.98. The van der Waals surface area contributed by atoms with Crippen LogP contribution in [0.25, 0.3) is 0 Å². The van der Waals surface area contributed by atoms with Crippen LogP contribution in [-0.4, -0.2) is 17.5 Å². The van der Waals surface area contributed by atoms with Crippen molar-refractivity contribution in [2.75, 3.05) is 0 Å². The van der Waals surface area contributed by atoms with Gasteiger partial charge in [0.05, 0.1) is 17.5 Å². The second-order valence-electron chi connectivity index (χ2n) is 7.12. The Hall–Kier alpha value is -2.48. The van der Waals surface area contributed by atoms with Gasteiger partial charge in [-0.25, -0.2) is 0 Å². The van der Waals surface area contributed by atoms with Crippen molar-refractivity contribution < 1.29 is 0 Å². The molecule has 0 aromatic heterocycles. The van der Waals surface area contributed by atoms with E-state index in [4.69, 9.17) is 9.98 Å². The fourth-order valence-electron chi connectivity index (χ4n) is 3.40. The molecule has 2 unspecified atom stereocenters. The number of allylic oxidation sites excluding steroid dienone is 3. The van der Waals surface area contributed by atoms with Gasteiger partial charge >= 0.3 is 0 Å². The predicted octanol–water partition coefficient (Wildman–Crippen LogP) is 6.28. The van der Waals surface area contributed by atoms with Crippen molar-refractivity contribution in [3.05, 3.63) is 85.6 Å². The Morgan fingerprint density at radius 3 is 2.58 bits per heavy atom. The van der Waals surface area contributed by atoms with Crippen LogP contribution in [0.3, 0.4) is 0 Å². The Kier molecular flexibility index (Phi) is 7.08. The quantitative estimate of drug-likeness (QED) is 0.371. The molecule has 0 spiro atoms. The highest BCUT2D eigenvalue weighted by molar-refractivity contribution is 6.10. The summed E-state index contributed by atoms with van der Waals surface area (Å²) in [5.74, 6) is 0.928. The molecule has 1 heterocycles. The zero-order valence-corrected chi connectivity index (χ0v) is 16.1. The van der Waals surface area contributed by atoms with Gasteiger partial charge in [-0.3, -0.25) is 9.98 Å². The van der Waals surface area contributed by atoms with Gasteiger partial charge in [0, 0.05) is 23.6 Å². The zero-order chi connectivity index (χ0) is 19.1. The first-order valence-electron chi connectivity index (χ1n) is 9.31. The van der Waals surface area contributed by atoms with Gasteiger partial charge < -0.3 is 0 Å². The SMILES string of the molecule is C=CC/C(C=C)=N\C(=C)C1N=C(C=C)c2ccccc2C1CCC(C)C. The molecule has 26 heavy (non-hydrogen) atoms. The third-order valence-electron chi connectivity index (χ3n) is 4.76. The van der Waals surface area contributed by atoms with Gasteiger partial charge in [0.1, 0.15) is 0 Å². The van der Waals surface area contributed by atoms with Crippen LogP contribution in [0, 0.1) is 5.92 Å². The number of rotatable bonds is 9. The molecule has 1 aliphatic heterocycles. The van der Waals surface area contributed by atoms with Crippen LogP contribution in [-0.2, 0) is 0 Å². The number of benzene rings is 1. The summed E-state index contributed by atoms with van der Waals surface area (Å²) < 4.78 is 0. The van der Waals surface area contributed by atoms with Crippen molar-refractivity contribution in [1.29, 1.82) is 0 Å². The summed E-state index contributed by atoms with van der Waals surface area (Å²) in [7, 11) is 0. The zero-order valence-electron chi connectivity index (χ0n) is 16.1. The van der Waals surface area contributed by atoms with Crippen LogP contribution in [0.15, 0.2) is 84.5 Å². The van der Waals surface area contributed by atoms with E-state index in [1.165, 1.54) is 11.1 Å². The van der Waals surface area contributed by atoms with Crippen LogP contribution >= 0.6 is 0 Å². The van der Waals surface area contributed by atoms with Crippen molar-refractivity contribution >= 4 is 11.4 Å². The Morgan fingerprint density at radius 1 is 1.23 bits per heavy atom. The van der Waals surface area contributed by atoms with Gasteiger partial charge in [0.25, 0.3) is 0 Å². The number of hydrogen-bond donors (Lipinski definition) is 0. The van der Waals surface area contributed by atoms with Crippen molar-refractivity contribution in [2.24, 2.45) is 15.9 Å². The monoisotopic (exact) mass is 346 g/mol. The normalized spacial score (nSPS) is 19.5. The predicted molar refractivity (Wildman–Crippen MR) is 115 cm³/mol.